The highest BCUT2D eigenvalue weighted by atomic mass is 32.1. The first-order valence-corrected chi connectivity index (χ1v) is 11.5. The van der Waals surface area contributed by atoms with Crippen molar-refractivity contribution in [2.45, 2.75) is 38.5 Å². The third kappa shape index (κ3) is 4.01. The van der Waals surface area contributed by atoms with Gasteiger partial charge in [0.25, 0.3) is 5.91 Å². The van der Waals surface area contributed by atoms with Crippen molar-refractivity contribution in [3.63, 3.8) is 0 Å². The van der Waals surface area contributed by atoms with E-state index < -0.39 is 12.1 Å². The molecule has 1 amide bonds. The van der Waals surface area contributed by atoms with E-state index in [1.807, 2.05) is 42.6 Å². The van der Waals surface area contributed by atoms with Crippen LogP contribution in [0.5, 0.6) is 0 Å². The summed E-state index contributed by atoms with van der Waals surface area (Å²) >= 11 is 1.54. The maximum absolute atomic E-state index is 13.4. The van der Waals surface area contributed by atoms with Gasteiger partial charge in [-0.15, -0.1) is 11.3 Å². The van der Waals surface area contributed by atoms with Crippen molar-refractivity contribution in [2.75, 3.05) is 0 Å². The molecule has 8 heteroatoms. The van der Waals surface area contributed by atoms with Gasteiger partial charge in [0.1, 0.15) is 0 Å². The lowest BCUT2D eigenvalue weighted by Gasteiger charge is -2.18. The van der Waals surface area contributed by atoms with Gasteiger partial charge < -0.3 is 10.1 Å². The maximum atomic E-state index is 13.4. The van der Waals surface area contributed by atoms with Crippen LogP contribution in [0.3, 0.4) is 0 Å². The topological polar surface area (TPSA) is 86.1 Å². The molecule has 1 N–H and O–H groups in total. The van der Waals surface area contributed by atoms with Gasteiger partial charge in [-0.3, -0.25) is 4.79 Å². The quantitative estimate of drug-likeness (QED) is 0.427. The zero-order valence-electron chi connectivity index (χ0n) is 17.5. The number of nitrogens with one attached hydrogen (secondary N) is 1. The molecule has 0 aliphatic heterocycles. The van der Waals surface area contributed by atoms with Crippen LogP contribution in [-0.2, 0) is 16.1 Å². The van der Waals surface area contributed by atoms with E-state index in [9.17, 15) is 9.59 Å². The Bertz CT molecular complexity index is 1260. The summed E-state index contributed by atoms with van der Waals surface area (Å²) in [6.45, 7) is 2.59. The number of hydrogen-bond donors (Lipinski definition) is 1. The summed E-state index contributed by atoms with van der Waals surface area (Å²) in [6, 6.07) is 14.9. The minimum absolute atomic E-state index is 0.160. The summed E-state index contributed by atoms with van der Waals surface area (Å²) in [5, 5.41) is 9.89. The van der Waals surface area contributed by atoms with Crippen LogP contribution in [0.4, 0.5) is 0 Å². The molecule has 0 bridgehead atoms. The first kappa shape index (κ1) is 20.4. The van der Waals surface area contributed by atoms with Crippen molar-refractivity contribution in [3.05, 3.63) is 71.2 Å². The first-order valence-electron chi connectivity index (χ1n) is 10.6. The van der Waals surface area contributed by atoms with Crippen LogP contribution in [0.15, 0.2) is 60.1 Å². The van der Waals surface area contributed by atoms with Crippen LogP contribution in [0, 0.1) is 0 Å². The lowest BCUT2D eigenvalue weighted by atomic mass is 10.1. The van der Waals surface area contributed by atoms with Gasteiger partial charge in [-0.2, -0.15) is 5.10 Å². The van der Waals surface area contributed by atoms with Gasteiger partial charge >= 0.3 is 5.97 Å². The second-order valence-electron chi connectivity index (χ2n) is 7.71. The van der Waals surface area contributed by atoms with E-state index in [1.54, 1.807) is 40.4 Å². The molecule has 3 heterocycles. The molecule has 1 unspecified atom stereocenters. The number of ether oxygens (including phenoxy) is 1. The van der Waals surface area contributed by atoms with Crippen LogP contribution in [0.25, 0.3) is 21.6 Å². The number of benzene rings is 1. The normalized spacial score (nSPS) is 14.3. The summed E-state index contributed by atoms with van der Waals surface area (Å²) in [6.07, 6.45) is 2.50. The van der Waals surface area contributed by atoms with Crippen molar-refractivity contribution in [2.24, 2.45) is 0 Å². The van der Waals surface area contributed by atoms with Crippen molar-refractivity contribution in [3.8, 4) is 10.6 Å². The first-order chi connectivity index (χ1) is 15.6. The van der Waals surface area contributed by atoms with Crippen LogP contribution >= 0.6 is 11.3 Å². The maximum Gasteiger partial charge on any atom is 0.340 e. The molecule has 1 fully saturated rings. The van der Waals surface area contributed by atoms with E-state index in [4.69, 9.17) is 9.72 Å². The van der Waals surface area contributed by atoms with Gasteiger partial charge in [0.15, 0.2) is 5.65 Å². The Morgan fingerprint density at radius 3 is 2.72 bits per heavy atom. The Balaban J connectivity index is 1.54. The van der Waals surface area contributed by atoms with E-state index in [1.165, 1.54) is 0 Å². The Hall–Kier alpha value is -3.52. The monoisotopic (exact) mass is 446 g/mol. The molecule has 7 nitrogen and oxygen atoms in total. The predicted molar refractivity (Wildman–Crippen MR) is 122 cm³/mol. The average molecular weight is 447 g/mol. The van der Waals surface area contributed by atoms with Gasteiger partial charge in [-0.1, -0.05) is 36.4 Å². The molecule has 1 saturated carbocycles. The van der Waals surface area contributed by atoms with Crippen LogP contribution in [0.2, 0.25) is 0 Å². The number of thiophene rings is 1. The smallest absolute Gasteiger partial charge is 0.340 e. The summed E-state index contributed by atoms with van der Waals surface area (Å²) in [7, 11) is 0. The lowest BCUT2D eigenvalue weighted by Crippen LogP contribution is -2.33. The molecule has 32 heavy (non-hydrogen) atoms. The van der Waals surface area contributed by atoms with E-state index in [0.29, 0.717) is 34.4 Å². The summed E-state index contributed by atoms with van der Waals surface area (Å²) in [4.78, 5) is 32.0. The highest BCUT2D eigenvalue weighted by molar-refractivity contribution is 7.13. The van der Waals surface area contributed by atoms with E-state index >= 15 is 0 Å². The van der Waals surface area contributed by atoms with Crippen molar-refractivity contribution < 1.29 is 14.3 Å². The summed E-state index contributed by atoms with van der Waals surface area (Å²) in [5.74, 6) is -0.884. The average Bonchev–Trinajstić information content (AvgIpc) is 3.29. The molecule has 0 radical (unpaired) electrons. The van der Waals surface area contributed by atoms with Crippen molar-refractivity contribution in [1.29, 1.82) is 0 Å². The number of carbonyl (C=O) groups is 2. The van der Waals surface area contributed by atoms with Gasteiger partial charge in [0.2, 0.25) is 6.10 Å². The Morgan fingerprint density at radius 2 is 2.03 bits per heavy atom. The van der Waals surface area contributed by atoms with E-state index in [-0.39, 0.29) is 11.9 Å². The molecular weight excluding hydrogens is 424 g/mol. The molecule has 162 valence electrons. The fraction of sp³-hybridized carbons (Fsp3) is 0.250. The van der Waals surface area contributed by atoms with Crippen molar-refractivity contribution >= 4 is 34.2 Å². The number of pyridine rings is 1. The number of fused-ring (bicyclic) bond motifs is 1. The highest BCUT2D eigenvalue weighted by Crippen LogP contribution is 2.30. The number of aryl methyl sites for hydroxylation is 1. The fourth-order valence-corrected chi connectivity index (χ4v) is 4.26. The van der Waals surface area contributed by atoms with E-state index in [0.717, 1.165) is 17.7 Å². The van der Waals surface area contributed by atoms with Crippen LogP contribution in [0.1, 0.15) is 41.8 Å². The number of hydrogen-bond acceptors (Lipinski definition) is 6. The predicted octanol–water partition coefficient (Wildman–Crippen LogP) is 4.36. The van der Waals surface area contributed by atoms with Gasteiger partial charge in [0.05, 0.1) is 27.7 Å². The SMILES string of the molecule is CCn1ncc2c(C(=O)OC(C(=O)NC3CC3)c3ccccc3)cc(-c3cccs3)nc21. The minimum atomic E-state index is -1.03. The van der Waals surface area contributed by atoms with Crippen LogP contribution < -0.4 is 5.32 Å². The Morgan fingerprint density at radius 1 is 1.22 bits per heavy atom. The van der Waals surface area contributed by atoms with Gasteiger partial charge in [-0.05, 0) is 37.3 Å². The zero-order chi connectivity index (χ0) is 22.1. The molecule has 1 aliphatic carbocycles. The van der Waals surface area contributed by atoms with E-state index in [2.05, 4.69) is 10.4 Å². The molecule has 1 aliphatic rings. The summed E-state index contributed by atoms with van der Waals surface area (Å²) in [5.41, 5.74) is 2.27. The number of nitrogens with zero attached hydrogens (tertiary/aromatic N) is 3. The second kappa shape index (κ2) is 8.55. The number of rotatable bonds is 7. The van der Waals surface area contributed by atoms with Crippen LogP contribution in [-0.4, -0.2) is 32.7 Å². The Labute approximate surface area is 189 Å². The fourth-order valence-electron chi connectivity index (χ4n) is 3.57. The van der Waals surface area contributed by atoms with Gasteiger partial charge in [-0.25, -0.2) is 14.5 Å². The number of aromatic nitrogens is 3. The molecule has 3 aromatic heterocycles. The van der Waals surface area contributed by atoms with Gasteiger partial charge in [0, 0.05) is 18.2 Å². The minimum Gasteiger partial charge on any atom is -0.444 e. The van der Waals surface area contributed by atoms with Crippen molar-refractivity contribution in [1.82, 2.24) is 20.1 Å². The second-order valence-corrected chi connectivity index (χ2v) is 8.66. The number of amides is 1. The molecule has 5 rings (SSSR count). The third-order valence-corrected chi connectivity index (χ3v) is 6.28. The number of carbonyl (C=O) groups excluding carboxylic acids is 2. The molecule has 1 aromatic carbocycles. The molecule has 1 atom stereocenters. The largest absolute Gasteiger partial charge is 0.444 e. The third-order valence-electron chi connectivity index (χ3n) is 5.39. The molecule has 0 saturated heterocycles. The summed E-state index contributed by atoms with van der Waals surface area (Å²) < 4.78 is 7.57. The standard InChI is InChI=1S/C24H22N4O3S/c1-2-28-22-18(14-25-28)17(13-19(27-22)20-9-6-12-32-20)24(30)31-21(15-7-4-3-5-8-15)23(29)26-16-10-11-16/h3-9,12-14,16,21H,2,10-11H2,1H3,(H,26,29). The zero-order valence-corrected chi connectivity index (χ0v) is 18.3. The number of esters is 1. The highest BCUT2D eigenvalue weighted by Gasteiger charge is 2.32. The molecular formula is C24H22N4O3S. The lowest BCUT2D eigenvalue weighted by molar-refractivity contribution is -0.130. The molecule has 4 aromatic rings. The molecule has 0 spiro atoms. The Kier molecular flexibility index (Phi) is 5.45.